The lowest BCUT2D eigenvalue weighted by Gasteiger charge is -2.30. The molecule has 35 heavy (non-hydrogen) atoms. The van der Waals surface area contributed by atoms with Crippen molar-refractivity contribution in [3.05, 3.63) is 60.2 Å². The van der Waals surface area contributed by atoms with E-state index in [1.807, 2.05) is 6.21 Å². The second-order valence-corrected chi connectivity index (χ2v) is 8.56. The Balaban J connectivity index is 1.34. The highest BCUT2D eigenvalue weighted by Crippen LogP contribution is 2.27. The molecular formula is C26H27N7O2. The number of morpholine rings is 2. The van der Waals surface area contributed by atoms with Crippen LogP contribution < -0.4 is 15.2 Å². The molecule has 4 aromatic rings. The second kappa shape index (κ2) is 9.81. The molecule has 9 nitrogen and oxygen atoms in total. The zero-order valence-corrected chi connectivity index (χ0v) is 19.4. The molecule has 0 aliphatic carbocycles. The summed E-state index contributed by atoms with van der Waals surface area (Å²) in [4.78, 5) is 18.4. The quantitative estimate of drug-likeness (QED) is 0.271. The molecule has 6 rings (SSSR count). The van der Waals surface area contributed by atoms with Gasteiger partial charge in [0.15, 0.2) is 0 Å². The van der Waals surface area contributed by atoms with Gasteiger partial charge in [0.05, 0.1) is 32.6 Å². The predicted molar refractivity (Wildman–Crippen MR) is 139 cm³/mol. The third-order valence-corrected chi connectivity index (χ3v) is 6.37. The summed E-state index contributed by atoms with van der Waals surface area (Å²) in [5.41, 5.74) is 4.13. The van der Waals surface area contributed by atoms with Crippen molar-refractivity contribution in [2.24, 2.45) is 5.10 Å². The van der Waals surface area contributed by atoms with Crippen LogP contribution >= 0.6 is 0 Å². The maximum atomic E-state index is 5.50. The first-order valence-electron chi connectivity index (χ1n) is 12.0. The van der Waals surface area contributed by atoms with Gasteiger partial charge in [-0.2, -0.15) is 20.1 Å². The first kappa shape index (κ1) is 21.7. The van der Waals surface area contributed by atoms with Gasteiger partial charge in [-0.25, -0.2) is 5.43 Å². The first-order chi connectivity index (χ1) is 17.3. The summed E-state index contributed by atoms with van der Waals surface area (Å²) in [6.07, 6.45) is 1.86. The summed E-state index contributed by atoms with van der Waals surface area (Å²) in [6, 6.07) is 18.9. The minimum Gasteiger partial charge on any atom is -0.378 e. The van der Waals surface area contributed by atoms with E-state index in [9.17, 15) is 0 Å². The highest BCUT2D eigenvalue weighted by molar-refractivity contribution is 6.13. The molecule has 0 unspecified atom stereocenters. The van der Waals surface area contributed by atoms with E-state index in [4.69, 9.17) is 14.5 Å². The normalized spacial score (nSPS) is 16.9. The third-order valence-electron chi connectivity index (χ3n) is 6.37. The molecule has 2 fully saturated rings. The summed E-state index contributed by atoms with van der Waals surface area (Å²) >= 11 is 0. The van der Waals surface area contributed by atoms with Gasteiger partial charge >= 0.3 is 0 Å². The lowest BCUT2D eigenvalue weighted by atomic mass is 9.97. The fraction of sp³-hybridized carbons (Fsp3) is 0.308. The van der Waals surface area contributed by atoms with Gasteiger partial charge in [0.2, 0.25) is 17.8 Å². The average molecular weight is 470 g/mol. The molecule has 2 aliphatic heterocycles. The van der Waals surface area contributed by atoms with Crippen molar-refractivity contribution in [1.82, 2.24) is 15.0 Å². The molecule has 2 aliphatic rings. The van der Waals surface area contributed by atoms with Crippen molar-refractivity contribution >= 4 is 45.6 Å². The van der Waals surface area contributed by atoms with Gasteiger partial charge in [-0.15, -0.1) is 0 Å². The van der Waals surface area contributed by atoms with Crippen molar-refractivity contribution in [2.45, 2.75) is 0 Å². The predicted octanol–water partition coefficient (Wildman–Crippen LogP) is 3.30. The Morgan fingerprint density at radius 3 is 1.77 bits per heavy atom. The summed E-state index contributed by atoms with van der Waals surface area (Å²) in [7, 11) is 0. The molecule has 9 heteroatoms. The molecular weight excluding hydrogens is 442 g/mol. The lowest BCUT2D eigenvalue weighted by molar-refractivity contribution is 0.121. The molecule has 178 valence electrons. The van der Waals surface area contributed by atoms with Crippen molar-refractivity contribution in [2.75, 3.05) is 67.8 Å². The maximum Gasteiger partial charge on any atom is 0.250 e. The van der Waals surface area contributed by atoms with E-state index in [1.54, 1.807) is 0 Å². The van der Waals surface area contributed by atoms with Crippen LogP contribution in [0.5, 0.6) is 0 Å². The van der Waals surface area contributed by atoms with E-state index in [1.165, 1.54) is 10.8 Å². The van der Waals surface area contributed by atoms with E-state index in [0.29, 0.717) is 44.3 Å². The Kier molecular flexibility index (Phi) is 6.08. The molecule has 0 spiro atoms. The van der Waals surface area contributed by atoms with Crippen LogP contribution in [0.2, 0.25) is 0 Å². The molecule has 0 radical (unpaired) electrons. The second-order valence-electron chi connectivity index (χ2n) is 8.56. The van der Waals surface area contributed by atoms with Gasteiger partial charge in [0.1, 0.15) is 0 Å². The molecule has 0 atom stereocenters. The third kappa shape index (κ3) is 4.60. The van der Waals surface area contributed by atoms with Gasteiger partial charge in [0, 0.05) is 31.7 Å². The highest BCUT2D eigenvalue weighted by Gasteiger charge is 2.20. The van der Waals surface area contributed by atoms with E-state index < -0.39 is 0 Å². The van der Waals surface area contributed by atoms with Crippen LogP contribution in [0, 0.1) is 0 Å². The summed E-state index contributed by atoms with van der Waals surface area (Å²) in [5, 5.41) is 9.22. The van der Waals surface area contributed by atoms with E-state index >= 15 is 0 Å². The lowest BCUT2D eigenvalue weighted by Crippen LogP contribution is -2.40. The van der Waals surface area contributed by atoms with Crippen LogP contribution in [-0.2, 0) is 9.47 Å². The molecule has 0 saturated carbocycles. The molecule has 3 aromatic carbocycles. The van der Waals surface area contributed by atoms with Gasteiger partial charge in [0.25, 0.3) is 0 Å². The number of nitrogens with one attached hydrogen (secondary N) is 1. The molecule has 0 bridgehead atoms. The maximum absolute atomic E-state index is 5.50. The molecule has 2 saturated heterocycles. The van der Waals surface area contributed by atoms with Crippen LogP contribution in [0.3, 0.4) is 0 Å². The number of rotatable bonds is 5. The zero-order chi connectivity index (χ0) is 23.5. The number of hydrazone groups is 1. The van der Waals surface area contributed by atoms with E-state index in [0.717, 1.165) is 42.5 Å². The Bertz CT molecular complexity index is 1270. The number of fused-ring (bicyclic) bond motifs is 2. The Morgan fingerprint density at radius 1 is 0.714 bits per heavy atom. The number of ether oxygens (including phenoxy) is 2. The summed E-state index contributed by atoms with van der Waals surface area (Å²) in [5.74, 6) is 1.69. The molecule has 1 aromatic heterocycles. The van der Waals surface area contributed by atoms with Gasteiger partial charge in [-0.1, -0.05) is 48.5 Å². The van der Waals surface area contributed by atoms with Crippen LogP contribution in [-0.4, -0.2) is 73.8 Å². The van der Waals surface area contributed by atoms with Crippen molar-refractivity contribution < 1.29 is 9.47 Å². The number of anilines is 3. The topological polar surface area (TPSA) is 88.0 Å². The number of benzene rings is 3. The van der Waals surface area contributed by atoms with Crippen molar-refractivity contribution in [3.8, 4) is 0 Å². The monoisotopic (exact) mass is 469 g/mol. The number of aromatic nitrogens is 3. The zero-order valence-electron chi connectivity index (χ0n) is 19.4. The van der Waals surface area contributed by atoms with Crippen LogP contribution in [0.15, 0.2) is 59.7 Å². The van der Waals surface area contributed by atoms with Crippen LogP contribution in [0.1, 0.15) is 5.56 Å². The fourth-order valence-electron chi connectivity index (χ4n) is 4.56. The highest BCUT2D eigenvalue weighted by atomic mass is 16.5. The largest absolute Gasteiger partial charge is 0.378 e. The minimum absolute atomic E-state index is 0.420. The van der Waals surface area contributed by atoms with Gasteiger partial charge in [-0.3, -0.25) is 0 Å². The molecule has 1 N–H and O–H groups in total. The van der Waals surface area contributed by atoms with E-state index in [-0.39, 0.29) is 0 Å². The van der Waals surface area contributed by atoms with Crippen molar-refractivity contribution in [1.29, 1.82) is 0 Å². The molecule has 3 heterocycles. The average Bonchev–Trinajstić information content (AvgIpc) is 2.93. The van der Waals surface area contributed by atoms with Gasteiger partial charge in [-0.05, 0) is 27.6 Å². The van der Waals surface area contributed by atoms with Crippen molar-refractivity contribution in [3.63, 3.8) is 0 Å². The Labute approximate surface area is 203 Å². The number of nitrogens with zero attached hydrogens (tertiary/aromatic N) is 6. The summed E-state index contributed by atoms with van der Waals surface area (Å²) in [6.45, 7) is 5.63. The molecule has 0 amide bonds. The van der Waals surface area contributed by atoms with E-state index in [2.05, 4.69) is 84.9 Å². The SMILES string of the molecule is C(=N\Nc1nc(N2CCOCC2)nc(N2CCOCC2)n1)/c1c2ccccc2cc2ccccc12. The smallest absolute Gasteiger partial charge is 0.250 e. The van der Waals surface area contributed by atoms with Gasteiger partial charge < -0.3 is 19.3 Å². The first-order valence-corrected chi connectivity index (χ1v) is 12.0. The Morgan fingerprint density at radius 2 is 1.23 bits per heavy atom. The van der Waals surface area contributed by atoms with Crippen LogP contribution in [0.25, 0.3) is 21.5 Å². The standard InChI is InChI=1S/C26H27N7O2/c1-3-7-21-19(5-1)17-20-6-2-4-8-22(20)23(21)18-27-31-24-28-25(32-9-13-34-14-10-32)30-26(29-24)33-11-15-35-16-12-33/h1-8,17-18H,9-16H2,(H,28,29,30,31)/b27-18+. The summed E-state index contributed by atoms with van der Waals surface area (Å²) < 4.78 is 11.0. The minimum atomic E-state index is 0.420. The number of hydrogen-bond acceptors (Lipinski definition) is 9. The Hall–Kier alpha value is -3.82. The fourth-order valence-corrected chi connectivity index (χ4v) is 4.56. The van der Waals surface area contributed by atoms with Crippen LogP contribution in [0.4, 0.5) is 17.8 Å². The number of hydrogen-bond donors (Lipinski definition) is 1.